The van der Waals surface area contributed by atoms with Crippen molar-refractivity contribution in [3.63, 3.8) is 0 Å². The molecule has 1 heterocycles. The van der Waals surface area contributed by atoms with E-state index in [-0.39, 0.29) is 0 Å². The predicted molar refractivity (Wildman–Crippen MR) is 151 cm³/mol. The van der Waals surface area contributed by atoms with Crippen LogP contribution in [-0.2, 0) is 6.54 Å². The van der Waals surface area contributed by atoms with Gasteiger partial charge in [-0.05, 0) is 62.8 Å². The van der Waals surface area contributed by atoms with Crippen LogP contribution in [0.4, 0.5) is 11.8 Å². The summed E-state index contributed by atoms with van der Waals surface area (Å²) >= 11 is 0. The molecule has 0 bridgehead atoms. The van der Waals surface area contributed by atoms with Crippen LogP contribution in [0.15, 0.2) is 48.5 Å². The number of nitrogens with one attached hydrogen (secondary N) is 2. The summed E-state index contributed by atoms with van der Waals surface area (Å²) in [6.45, 7) is 4.96. The highest BCUT2D eigenvalue weighted by atomic mass is 16.5. The van der Waals surface area contributed by atoms with Gasteiger partial charge in [0.2, 0.25) is 5.95 Å². The third-order valence-electron chi connectivity index (χ3n) is 7.16. The molecule has 0 atom stereocenters. The van der Waals surface area contributed by atoms with Crippen LogP contribution in [0, 0.1) is 5.92 Å². The molecule has 36 heavy (non-hydrogen) atoms. The fourth-order valence-corrected chi connectivity index (χ4v) is 5.07. The van der Waals surface area contributed by atoms with Gasteiger partial charge in [0.15, 0.2) is 0 Å². The zero-order valence-electron chi connectivity index (χ0n) is 22.3. The average Bonchev–Trinajstić information content (AvgIpc) is 2.90. The van der Waals surface area contributed by atoms with E-state index >= 15 is 0 Å². The predicted octanol–water partition coefficient (Wildman–Crippen LogP) is 6.42. The molecule has 0 saturated heterocycles. The zero-order chi connectivity index (χ0) is 25.2. The molecule has 194 valence electrons. The fourth-order valence-electron chi connectivity index (χ4n) is 5.07. The third-order valence-corrected chi connectivity index (χ3v) is 7.16. The van der Waals surface area contributed by atoms with Gasteiger partial charge in [-0.1, -0.05) is 56.5 Å². The molecule has 6 heteroatoms. The van der Waals surface area contributed by atoms with Crippen molar-refractivity contribution in [1.29, 1.82) is 0 Å². The maximum atomic E-state index is 6.08. The van der Waals surface area contributed by atoms with Crippen LogP contribution in [-0.4, -0.2) is 43.3 Å². The van der Waals surface area contributed by atoms with Crippen molar-refractivity contribution >= 4 is 22.7 Å². The normalized spacial score (nSPS) is 17.8. The highest BCUT2D eigenvalue weighted by Gasteiger charge is 2.22. The molecular formula is C30H43N5O. The van der Waals surface area contributed by atoms with Gasteiger partial charge in [-0.15, -0.1) is 0 Å². The molecule has 1 aliphatic carbocycles. The number of rotatable bonds is 13. The number of para-hydroxylation sites is 2. The summed E-state index contributed by atoms with van der Waals surface area (Å²) in [7, 11) is 4.07. The second-order valence-electron chi connectivity index (χ2n) is 10.3. The van der Waals surface area contributed by atoms with Gasteiger partial charge < -0.3 is 20.3 Å². The Morgan fingerprint density at radius 3 is 2.50 bits per heavy atom. The molecular weight excluding hydrogens is 446 g/mol. The minimum Gasteiger partial charge on any atom is -0.493 e. The molecule has 2 aromatic carbocycles. The summed E-state index contributed by atoms with van der Waals surface area (Å²) in [4.78, 5) is 11.7. The van der Waals surface area contributed by atoms with Crippen molar-refractivity contribution in [2.45, 2.75) is 70.9 Å². The van der Waals surface area contributed by atoms with E-state index < -0.39 is 0 Å². The highest BCUT2D eigenvalue weighted by molar-refractivity contribution is 5.90. The number of aromatic nitrogens is 2. The molecule has 0 aliphatic heterocycles. The van der Waals surface area contributed by atoms with Crippen molar-refractivity contribution < 1.29 is 4.74 Å². The van der Waals surface area contributed by atoms with Gasteiger partial charge in [-0.25, -0.2) is 4.98 Å². The first-order valence-electron chi connectivity index (χ1n) is 13.8. The quantitative estimate of drug-likeness (QED) is 0.270. The van der Waals surface area contributed by atoms with Crippen molar-refractivity contribution in [2.24, 2.45) is 5.92 Å². The molecule has 1 saturated carbocycles. The Morgan fingerprint density at radius 1 is 0.917 bits per heavy atom. The summed E-state index contributed by atoms with van der Waals surface area (Å²) in [5.41, 5.74) is 2.25. The Morgan fingerprint density at radius 2 is 1.69 bits per heavy atom. The van der Waals surface area contributed by atoms with E-state index in [1.807, 2.05) is 26.2 Å². The van der Waals surface area contributed by atoms with Crippen LogP contribution in [0.25, 0.3) is 10.9 Å². The number of hydrogen-bond acceptors (Lipinski definition) is 6. The van der Waals surface area contributed by atoms with E-state index in [9.17, 15) is 0 Å². The molecule has 0 spiro atoms. The summed E-state index contributed by atoms with van der Waals surface area (Å²) in [5.74, 6) is 3.44. The molecule has 2 N–H and O–H groups in total. The Labute approximate surface area is 216 Å². The molecule has 1 aromatic heterocycles. The molecule has 1 fully saturated rings. The standard InChI is InChI=1S/C30H43N5O/c1-4-5-6-11-20-36-28-15-10-7-12-24(28)22-31-21-23-16-18-25(19-17-23)32-30-33-27-14-9-8-13-26(27)29(34-30)35(2)3/h7-10,12-15,23,25,31H,4-6,11,16-22H2,1-3H3,(H,32,33,34)/t23-,25+. The topological polar surface area (TPSA) is 62.3 Å². The van der Waals surface area contributed by atoms with E-state index in [0.29, 0.717) is 12.0 Å². The van der Waals surface area contributed by atoms with Crippen LogP contribution in [0.3, 0.4) is 0 Å². The number of nitrogens with zero attached hydrogens (tertiary/aromatic N) is 3. The van der Waals surface area contributed by atoms with Gasteiger partial charge in [-0.2, -0.15) is 4.98 Å². The monoisotopic (exact) mass is 489 g/mol. The van der Waals surface area contributed by atoms with E-state index in [1.165, 1.54) is 37.7 Å². The van der Waals surface area contributed by atoms with Crippen molar-refractivity contribution in [1.82, 2.24) is 15.3 Å². The van der Waals surface area contributed by atoms with Crippen LogP contribution < -0.4 is 20.3 Å². The van der Waals surface area contributed by atoms with Crippen molar-refractivity contribution in [3.05, 3.63) is 54.1 Å². The minimum absolute atomic E-state index is 0.430. The van der Waals surface area contributed by atoms with E-state index in [1.54, 1.807) is 0 Å². The Hall–Kier alpha value is -2.86. The third kappa shape index (κ3) is 7.33. The number of hydrogen-bond donors (Lipinski definition) is 2. The number of ether oxygens (including phenoxy) is 1. The van der Waals surface area contributed by atoms with E-state index in [0.717, 1.165) is 67.4 Å². The molecule has 3 aromatic rings. The fraction of sp³-hybridized carbons (Fsp3) is 0.533. The van der Waals surface area contributed by atoms with Gasteiger partial charge in [0.1, 0.15) is 11.6 Å². The van der Waals surface area contributed by atoms with Crippen LogP contribution in [0.2, 0.25) is 0 Å². The van der Waals surface area contributed by atoms with Gasteiger partial charge in [0.05, 0.1) is 12.1 Å². The minimum atomic E-state index is 0.430. The average molecular weight is 490 g/mol. The lowest BCUT2D eigenvalue weighted by Gasteiger charge is -2.29. The maximum absolute atomic E-state index is 6.08. The van der Waals surface area contributed by atoms with Crippen LogP contribution in [0.1, 0.15) is 63.9 Å². The molecule has 0 unspecified atom stereocenters. The largest absolute Gasteiger partial charge is 0.493 e. The second-order valence-corrected chi connectivity index (χ2v) is 10.3. The molecule has 4 rings (SSSR count). The Balaban J connectivity index is 1.22. The lowest BCUT2D eigenvalue weighted by atomic mass is 9.86. The lowest BCUT2D eigenvalue weighted by Crippen LogP contribution is -2.31. The summed E-state index contributed by atoms with van der Waals surface area (Å²) in [6.07, 6.45) is 9.66. The van der Waals surface area contributed by atoms with Gasteiger partial charge >= 0.3 is 0 Å². The number of benzene rings is 2. The molecule has 1 aliphatic rings. The number of fused-ring (bicyclic) bond motifs is 1. The van der Waals surface area contributed by atoms with E-state index in [4.69, 9.17) is 14.7 Å². The van der Waals surface area contributed by atoms with Gasteiger partial charge in [0.25, 0.3) is 0 Å². The van der Waals surface area contributed by atoms with Crippen molar-refractivity contribution in [2.75, 3.05) is 37.5 Å². The van der Waals surface area contributed by atoms with Crippen molar-refractivity contribution in [3.8, 4) is 5.75 Å². The van der Waals surface area contributed by atoms with Gasteiger partial charge in [-0.3, -0.25) is 0 Å². The molecule has 0 radical (unpaired) electrons. The van der Waals surface area contributed by atoms with Gasteiger partial charge in [0, 0.05) is 37.6 Å². The first-order valence-corrected chi connectivity index (χ1v) is 13.8. The van der Waals surface area contributed by atoms with E-state index in [2.05, 4.69) is 58.9 Å². The zero-order valence-corrected chi connectivity index (χ0v) is 22.3. The lowest BCUT2D eigenvalue weighted by molar-refractivity contribution is 0.299. The molecule has 0 amide bonds. The first kappa shape index (κ1) is 26.2. The highest BCUT2D eigenvalue weighted by Crippen LogP contribution is 2.28. The maximum Gasteiger partial charge on any atom is 0.225 e. The summed E-state index contributed by atoms with van der Waals surface area (Å²) in [5, 5.41) is 8.41. The SMILES string of the molecule is CCCCCCOc1ccccc1CNC[C@H]1CC[C@@H](Nc2nc(N(C)C)c3ccccc3n2)CC1. The summed E-state index contributed by atoms with van der Waals surface area (Å²) < 4.78 is 6.08. The van der Waals surface area contributed by atoms with Crippen LogP contribution >= 0.6 is 0 Å². The number of unbranched alkanes of at least 4 members (excludes halogenated alkanes) is 3. The smallest absolute Gasteiger partial charge is 0.225 e. The Bertz CT molecular complexity index is 1080. The first-order chi connectivity index (χ1) is 17.6. The summed E-state index contributed by atoms with van der Waals surface area (Å²) in [6, 6.07) is 17.1. The van der Waals surface area contributed by atoms with Crippen LogP contribution in [0.5, 0.6) is 5.75 Å². The molecule has 6 nitrogen and oxygen atoms in total. The number of anilines is 2. The second kappa shape index (κ2) is 13.4. The Kier molecular flexibility index (Phi) is 9.79.